The first-order chi connectivity index (χ1) is 15.8. The molecular formula is C25H26F2N2O4. The molecule has 1 aliphatic heterocycles. The number of hydrogen-bond donors (Lipinski definition) is 1. The number of carbonyl (C=O) groups is 3. The Bertz CT molecular complexity index is 1070. The molecule has 0 aromatic heterocycles. The molecule has 2 aromatic carbocycles. The monoisotopic (exact) mass is 456 g/mol. The van der Waals surface area contributed by atoms with Gasteiger partial charge in [-0.05, 0) is 43.5 Å². The van der Waals surface area contributed by atoms with Crippen LogP contribution < -0.4 is 4.90 Å². The molecule has 0 spiro atoms. The number of para-hydroxylation sites is 1. The standard InChI is InChI=1S/C25H26F2N2O4/c1-2-28(22(30)10-11-23(31)32)24-18-6-3-4-8-20(18)29(21-9-5-7-19(21)24)25(33)15-12-16(26)14-17(27)13-15/h3-4,6,8,12-14,19,21,24H,2,5,7,9-11H2,1H3,(H,31,32). The van der Waals surface area contributed by atoms with Gasteiger partial charge in [0.15, 0.2) is 0 Å². The van der Waals surface area contributed by atoms with Crippen LogP contribution in [0.15, 0.2) is 42.5 Å². The maximum absolute atomic E-state index is 13.9. The van der Waals surface area contributed by atoms with Gasteiger partial charge in [-0.2, -0.15) is 0 Å². The maximum atomic E-state index is 13.9. The molecule has 1 heterocycles. The van der Waals surface area contributed by atoms with E-state index in [1.807, 2.05) is 19.1 Å². The van der Waals surface area contributed by atoms with Crippen molar-refractivity contribution in [2.24, 2.45) is 5.92 Å². The molecule has 2 aromatic rings. The van der Waals surface area contributed by atoms with E-state index in [0.29, 0.717) is 18.7 Å². The molecule has 2 aliphatic rings. The molecule has 6 nitrogen and oxygen atoms in total. The predicted octanol–water partition coefficient (Wildman–Crippen LogP) is 4.55. The normalized spacial score (nSPS) is 21.3. The van der Waals surface area contributed by atoms with E-state index < -0.39 is 23.5 Å². The molecule has 0 radical (unpaired) electrons. The lowest BCUT2D eigenvalue weighted by atomic mass is 9.81. The molecular weight excluding hydrogens is 430 g/mol. The molecule has 0 bridgehead atoms. The predicted molar refractivity (Wildman–Crippen MR) is 118 cm³/mol. The number of halogens is 2. The van der Waals surface area contributed by atoms with Gasteiger partial charge in [0.1, 0.15) is 11.6 Å². The zero-order valence-corrected chi connectivity index (χ0v) is 18.3. The third-order valence-corrected chi connectivity index (χ3v) is 6.66. The van der Waals surface area contributed by atoms with E-state index in [0.717, 1.165) is 36.6 Å². The summed E-state index contributed by atoms with van der Waals surface area (Å²) < 4.78 is 27.7. The summed E-state index contributed by atoms with van der Waals surface area (Å²) in [4.78, 5) is 40.9. The second kappa shape index (κ2) is 9.29. The largest absolute Gasteiger partial charge is 0.481 e. The van der Waals surface area contributed by atoms with Crippen LogP contribution in [0.3, 0.4) is 0 Å². The van der Waals surface area contributed by atoms with Crippen molar-refractivity contribution in [3.05, 3.63) is 65.2 Å². The van der Waals surface area contributed by atoms with Crippen molar-refractivity contribution in [3.8, 4) is 0 Å². The summed E-state index contributed by atoms with van der Waals surface area (Å²) >= 11 is 0. The molecule has 3 atom stereocenters. The third kappa shape index (κ3) is 4.34. The topological polar surface area (TPSA) is 77.9 Å². The van der Waals surface area contributed by atoms with Crippen LogP contribution in [0.2, 0.25) is 0 Å². The second-order valence-electron chi connectivity index (χ2n) is 8.57. The van der Waals surface area contributed by atoms with Crippen LogP contribution in [0, 0.1) is 17.6 Å². The van der Waals surface area contributed by atoms with E-state index in [1.165, 1.54) is 0 Å². The highest BCUT2D eigenvalue weighted by atomic mass is 19.1. The van der Waals surface area contributed by atoms with E-state index in [-0.39, 0.29) is 42.3 Å². The van der Waals surface area contributed by atoms with Crippen molar-refractivity contribution in [3.63, 3.8) is 0 Å². The number of amides is 2. The van der Waals surface area contributed by atoms with Gasteiger partial charge in [-0.3, -0.25) is 14.4 Å². The van der Waals surface area contributed by atoms with Gasteiger partial charge in [0.2, 0.25) is 5.91 Å². The van der Waals surface area contributed by atoms with Crippen LogP contribution in [0.1, 0.15) is 61.0 Å². The van der Waals surface area contributed by atoms with E-state index in [4.69, 9.17) is 5.11 Å². The SMILES string of the molecule is CCN(C(=O)CCC(=O)O)C1c2ccccc2N(C(=O)c2cc(F)cc(F)c2)C2CCCC12. The Kier molecular flexibility index (Phi) is 6.44. The fourth-order valence-corrected chi connectivity index (χ4v) is 5.39. The number of rotatable bonds is 6. The van der Waals surface area contributed by atoms with Crippen LogP contribution >= 0.6 is 0 Å². The first-order valence-electron chi connectivity index (χ1n) is 11.2. The minimum Gasteiger partial charge on any atom is -0.481 e. The van der Waals surface area contributed by atoms with Crippen molar-refractivity contribution in [2.75, 3.05) is 11.4 Å². The van der Waals surface area contributed by atoms with Crippen molar-refractivity contribution in [1.82, 2.24) is 4.90 Å². The van der Waals surface area contributed by atoms with Gasteiger partial charge in [0, 0.05) is 42.2 Å². The lowest BCUT2D eigenvalue weighted by molar-refractivity contribution is -0.142. The second-order valence-corrected chi connectivity index (χ2v) is 8.57. The highest BCUT2D eigenvalue weighted by molar-refractivity contribution is 6.07. The van der Waals surface area contributed by atoms with Crippen molar-refractivity contribution < 1.29 is 28.3 Å². The Labute approximate surface area is 190 Å². The lowest BCUT2D eigenvalue weighted by Gasteiger charge is -2.47. The molecule has 1 saturated carbocycles. The number of carbonyl (C=O) groups excluding carboxylic acids is 2. The van der Waals surface area contributed by atoms with Crippen LogP contribution in [0.25, 0.3) is 0 Å². The number of carboxylic acids is 1. The van der Waals surface area contributed by atoms with E-state index in [2.05, 4.69) is 0 Å². The quantitative estimate of drug-likeness (QED) is 0.692. The summed E-state index contributed by atoms with van der Waals surface area (Å²) in [6.07, 6.45) is 2.01. The lowest BCUT2D eigenvalue weighted by Crippen LogP contribution is -2.52. The molecule has 8 heteroatoms. The highest BCUT2D eigenvalue weighted by Gasteiger charge is 2.48. The summed E-state index contributed by atoms with van der Waals surface area (Å²) in [7, 11) is 0. The average molecular weight is 456 g/mol. The number of hydrogen-bond acceptors (Lipinski definition) is 3. The number of benzene rings is 2. The van der Waals surface area contributed by atoms with Gasteiger partial charge < -0.3 is 14.9 Å². The number of carboxylic acid groups (broad SMARTS) is 1. The third-order valence-electron chi connectivity index (χ3n) is 6.66. The number of fused-ring (bicyclic) bond motifs is 2. The fraction of sp³-hybridized carbons (Fsp3) is 0.400. The first-order valence-corrected chi connectivity index (χ1v) is 11.2. The molecule has 2 amide bonds. The zero-order chi connectivity index (χ0) is 23.7. The van der Waals surface area contributed by atoms with Crippen LogP contribution in [0.5, 0.6) is 0 Å². The number of aliphatic carboxylic acids is 1. The Hall–Kier alpha value is -3.29. The Morgan fingerprint density at radius 1 is 1.06 bits per heavy atom. The summed E-state index contributed by atoms with van der Waals surface area (Å²) in [5.41, 5.74) is 1.34. The summed E-state index contributed by atoms with van der Waals surface area (Å²) in [6, 6.07) is 9.57. The zero-order valence-electron chi connectivity index (χ0n) is 18.3. The molecule has 1 fully saturated rings. The number of nitrogens with zero attached hydrogens (tertiary/aromatic N) is 2. The molecule has 174 valence electrons. The van der Waals surface area contributed by atoms with Gasteiger partial charge >= 0.3 is 5.97 Å². The number of anilines is 1. The van der Waals surface area contributed by atoms with Crippen molar-refractivity contribution in [1.29, 1.82) is 0 Å². The van der Waals surface area contributed by atoms with Gasteiger partial charge in [0.25, 0.3) is 5.91 Å². The first kappa shape index (κ1) is 22.9. The maximum Gasteiger partial charge on any atom is 0.303 e. The van der Waals surface area contributed by atoms with Gasteiger partial charge in [-0.25, -0.2) is 8.78 Å². The summed E-state index contributed by atoms with van der Waals surface area (Å²) in [5, 5.41) is 9.01. The molecule has 3 unspecified atom stereocenters. The van der Waals surface area contributed by atoms with Gasteiger partial charge in [0.05, 0.1) is 12.5 Å². The van der Waals surface area contributed by atoms with Crippen LogP contribution in [-0.2, 0) is 9.59 Å². The minimum atomic E-state index is -1.03. The molecule has 0 saturated heterocycles. The minimum absolute atomic E-state index is 0.0590. The Morgan fingerprint density at radius 3 is 2.42 bits per heavy atom. The smallest absolute Gasteiger partial charge is 0.303 e. The van der Waals surface area contributed by atoms with E-state index >= 15 is 0 Å². The fourth-order valence-electron chi connectivity index (χ4n) is 5.39. The molecule has 1 N–H and O–H groups in total. The van der Waals surface area contributed by atoms with Crippen LogP contribution in [-0.4, -0.2) is 40.4 Å². The molecule has 4 rings (SSSR count). The van der Waals surface area contributed by atoms with Gasteiger partial charge in [-0.15, -0.1) is 0 Å². The molecule has 33 heavy (non-hydrogen) atoms. The Balaban J connectivity index is 1.77. The van der Waals surface area contributed by atoms with E-state index in [9.17, 15) is 23.2 Å². The van der Waals surface area contributed by atoms with Crippen molar-refractivity contribution >= 4 is 23.5 Å². The van der Waals surface area contributed by atoms with Crippen LogP contribution in [0.4, 0.5) is 14.5 Å². The summed E-state index contributed by atoms with van der Waals surface area (Å²) in [6.45, 7) is 2.27. The summed E-state index contributed by atoms with van der Waals surface area (Å²) in [5.74, 6) is -3.43. The Morgan fingerprint density at radius 2 is 1.76 bits per heavy atom. The highest BCUT2D eigenvalue weighted by Crippen LogP contribution is 2.50. The molecule has 1 aliphatic carbocycles. The van der Waals surface area contributed by atoms with Gasteiger partial charge in [-0.1, -0.05) is 24.6 Å². The average Bonchev–Trinajstić information content (AvgIpc) is 3.25. The van der Waals surface area contributed by atoms with E-state index in [1.54, 1.807) is 21.9 Å². The van der Waals surface area contributed by atoms with Crippen molar-refractivity contribution in [2.45, 2.75) is 51.1 Å².